The Morgan fingerprint density at radius 3 is 2.89 bits per heavy atom. The molecule has 4 N–H and O–H groups in total. The molecule has 1 aromatic rings. The minimum absolute atomic E-state index is 0.0144. The first kappa shape index (κ1) is 14.2. The van der Waals surface area contributed by atoms with Crippen molar-refractivity contribution in [1.82, 2.24) is 5.32 Å². The van der Waals surface area contributed by atoms with Gasteiger partial charge < -0.3 is 16.3 Å². The summed E-state index contributed by atoms with van der Waals surface area (Å²) in [5, 5.41) is 13.9. The summed E-state index contributed by atoms with van der Waals surface area (Å²) in [6.07, 6.45) is 0. The number of nitrogens with zero attached hydrogens (tertiary/aromatic N) is 1. The second kappa shape index (κ2) is 6.20. The van der Waals surface area contributed by atoms with E-state index in [0.717, 1.165) is 12.1 Å². The van der Waals surface area contributed by atoms with Crippen molar-refractivity contribution in [2.45, 2.75) is 6.92 Å². The van der Waals surface area contributed by atoms with E-state index < -0.39 is 11.7 Å². The average Bonchev–Trinajstić information content (AvgIpc) is 2.34. The van der Waals surface area contributed by atoms with E-state index in [2.05, 4.69) is 10.5 Å². The predicted octanol–water partition coefficient (Wildman–Crippen LogP) is 1.59. The number of rotatable bonds is 4. The van der Waals surface area contributed by atoms with Crippen molar-refractivity contribution in [3.05, 3.63) is 34.6 Å². The Labute approximate surface area is 108 Å². The van der Waals surface area contributed by atoms with Gasteiger partial charge in [-0.1, -0.05) is 23.7 Å². The van der Waals surface area contributed by atoms with E-state index in [1.54, 1.807) is 6.92 Å². The first-order valence-corrected chi connectivity index (χ1v) is 5.54. The fourth-order valence-electron chi connectivity index (χ4n) is 1.22. The van der Waals surface area contributed by atoms with Crippen LogP contribution < -0.4 is 11.1 Å². The maximum absolute atomic E-state index is 12.8. The van der Waals surface area contributed by atoms with Crippen LogP contribution in [0.15, 0.2) is 23.4 Å². The maximum atomic E-state index is 12.8. The SMILES string of the molecule is CC(CNC(=O)c1ccc(F)cc1Cl)/C(N)=N/O. The normalized spacial score (nSPS) is 13.2. The summed E-state index contributed by atoms with van der Waals surface area (Å²) in [5.74, 6) is -1.27. The molecular weight excluding hydrogens is 261 g/mol. The van der Waals surface area contributed by atoms with Crippen LogP contribution in [0.3, 0.4) is 0 Å². The molecule has 7 heteroatoms. The van der Waals surface area contributed by atoms with Gasteiger partial charge >= 0.3 is 0 Å². The van der Waals surface area contributed by atoms with Gasteiger partial charge in [-0.25, -0.2) is 4.39 Å². The molecule has 1 atom stereocenters. The van der Waals surface area contributed by atoms with Gasteiger partial charge in [0.2, 0.25) is 0 Å². The van der Waals surface area contributed by atoms with Gasteiger partial charge in [0.05, 0.1) is 10.6 Å². The van der Waals surface area contributed by atoms with Gasteiger partial charge in [-0.15, -0.1) is 0 Å². The van der Waals surface area contributed by atoms with Gasteiger partial charge in [0.25, 0.3) is 5.91 Å². The van der Waals surface area contributed by atoms with E-state index in [9.17, 15) is 9.18 Å². The van der Waals surface area contributed by atoms with Crippen LogP contribution in [0.25, 0.3) is 0 Å². The molecule has 0 heterocycles. The molecule has 0 fully saturated rings. The minimum Gasteiger partial charge on any atom is -0.409 e. The molecular formula is C11H13ClFN3O2. The number of carbonyl (C=O) groups is 1. The number of carbonyl (C=O) groups excluding carboxylic acids is 1. The molecule has 0 aromatic heterocycles. The number of amides is 1. The number of halogens is 2. The van der Waals surface area contributed by atoms with Crippen molar-refractivity contribution in [3.63, 3.8) is 0 Å². The first-order valence-electron chi connectivity index (χ1n) is 5.16. The number of nitrogens with one attached hydrogen (secondary N) is 1. The van der Waals surface area contributed by atoms with Gasteiger partial charge in [0, 0.05) is 12.5 Å². The summed E-state index contributed by atoms with van der Waals surface area (Å²) in [5.41, 5.74) is 5.54. The van der Waals surface area contributed by atoms with Crippen molar-refractivity contribution in [2.75, 3.05) is 6.54 Å². The molecule has 1 aromatic carbocycles. The lowest BCUT2D eigenvalue weighted by atomic mass is 10.1. The van der Waals surface area contributed by atoms with Crippen LogP contribution >= 0.6 is 11.6 Å². The van der Waals surface area contributed by atoms with Crippen LogP contribution in [-0.2, 0) is 0 Å². The zero-order chi connectivity index (χ0) is 13.7. The number of amidine groups is 1. The number of oxime groups is 1. The van der Waals surface area contributed by atoms with Gasteiger partial charge in [0.15, 0.2) is 0 Å². The third-order valence-corrected chi connectivity index (χ3v) is 2.68. The van der Waals surface area contributed by atoms with Crippen molar-refractivity contribution in [2.24, 2.45) is 16.8 Å². The molecule has 1 unspecified atom stereocenters. The Bertz CT molecular complexity index is 479. The Morgan fingerprint density at radius 2 is 2.33 bits per heavy atom. The van der Waals surface area contributed by atoms with E-state index in [1.165, 1.54) is 6.07 Å². The molecule has 98 valence electrons. The van der Waals surface area contributed by atoms with Crippen LogP contribution in [0.2, 0.25) is 5.02 Å². The summed E-state index contributed by atoms with van der Waals surface area (Å²) in [6.45, 7) is 1.87. The second-order valence-corrected chi connectivity index (χ2v) is 4.17. The Hall–Kier alpha value is -1.82. The predicted molar refractivity (Wildman–Crippen MR) is 66.3 cm³/mol. The zero-order valence-corrected chi connectivity index (χ0v) is 10.4. The molecule has 0 aliphatic heterocycles. The highest BCUT2D eigenvalue weighted by atomic mass is 35.5. The molecule has 0 radical (unpaired) electrons. The third-order valence-electron chi connectivity index (χ3n) is 2.36. The highest BCUT2D eigenvalue weighted by Gasteiger charge is 2.13. The third kappa shape index (κ3) is 3.59. The van der Waals surface area contributed by atoms with Gasteiger partial charge in [-0.2, -0.15) is 0 Å². The smallest absolute Gasteiger partial charge is 0.252 e. The van der Waals surface area contributed by atoms with Gasteiger partial charge in [-0.05, 0) is 18.2 Å². The number of hydrogen-bond donors (Lipinski definition) is 3. The number of hydrogen-bond acceptors (Lipinski definition) is 3. The molecule has 18 heavy (non-hydrogen) atoms. The van der Waals surface area contributed by atoms with E-state index in [4.69, 9.17) is 22.5 Å². The molecule has 0 spiro atoms. The number of benzene rings is 1. The van der Waals surface area contributed by atoms with Crippen LogP contribution in [0, 0.1) is 11.7 Å². The lowest BCUT2D eigenvalue weighted by Gasteiger charge is -2.11. The van der Waals surface area contributed by atoms with Gasteiger partial charge in [-0.3, -0.25) is 4.79 Å². The van der Waals surface area contributed by atoms with Gasteiger partial charge in [0.1, 0.15) is 11.7 Å². The average molecular weight is 274 g/mol. The summed E-state index contributed by atoms with van der Waals surface area (Å²) < 4.78 is 12.8. The second-order valence-electron chi connectivity index (χ2n) is 3.76. The lowest BCUT2D eigenvalue weighted by Crippen LogP contribution is -2.34. The molecule has 0 bridgehead atoms. The fraction of sp³-hybridized carbons (Fsp3) is 0.273. The fourth-order valence-corrected chi connectivity index (χ4v) is 1.47. The van der Waals surface area contributed by atoms with E-state index >= 15 is 0 Å². The summed E-state index contributed by atoms with van der Waals surface area (Å²) in [4.78, 5) is 11.7. The summed E-state index contributed by atoms with van der Waals surface area (Å²) in [6, 6.07) is 3.50. The largest absolute Gasteiger partial charge is 0.409 e. The monoisotopic (exact) mass is 273 g/mol. The molecule has 1 rings (SSSR count). The van der Waals surface area contributed by atoms with Crippen LogP contribution in [-0.4, -0.2) is 23.5 Å². The highest BCUT2D eigenvalue weighted by molar-refractivity contribution is 6.33. The van der Waals surface area contributed by atoms with E-state index in [-0.39, 0.29) is 28.9 Å². The van der Waals surface area contributed by atoms with Crippen molar-refractivity contribution >= 4 is 23.3 Å². The first-order chi connectivity index (χ1) is 8.45. The highest BCUT2D eigenvalue weighted by Crippen LogP contribution is 2.16. The van der Waals surface area contributed by atoms with Crippen molar-refractivity contribution in [3.8, 4) is 0 Å². The van der Waals surface area contributed by atoms with Crippen molar-refractivity contribution < 1.29 is 14.4 Å². The van der Waals surface area contributed by atoms with Crippen LogP contribution in [0.4, 0.5) is 4.39 Å². The minimum atomic E-state index is -0.512. The standard InChI is InChI=1S/C11H13ClFN3O2/c1-6(10(14)16-18)5-15-11(17)8-3-2-7(13)4-9(8)12/h2-4,6,18H,5H2,1H3,(H2,14,16)(H,15,17). The van der Waals surface area contributed by atoms with E-state index in [0.29, 0.717) is 0 Å². The van der Waals surface area contributed by atoms with Crippen LogP contribution in [0.5, 0.6) is 0 Å². The lowest BCUT2D eigenvalue weighted by molar-refractivity contribution is 0.0951. The Kier molecular flexibility index (Phi) is 4.91. The van der Waals surface area contributed by atoms with E-state index in [1.807, 2.05) is 0 Å². The Morgan fingerprint density at radius 1 is 1.67 bits per heavy atom. The molecule has 0 aliphatic rings. The topological polar surface area (TPSA) is 87.7 Å². The zero-order valence-electron chi connectivity index (χ0n) is 9.65. The quantitative estimate of drug-likeness (QED) is 0.337. The Balaban J connectivity index is 2.66. The summed E-state index contributed by atoms with van der Waals surface area (Å²) >= 11 is 5.74. The summed E-state index contributed by atoms with van der Waals surface area (Å²) in [7, 11) is 0. The molecule has 5 nitrogen and oxygen atoms in total. The molecule has 0 aliphatic carbocycles. The molecule has 1 amide bonds. The molecule has 0 saturated heterocycles. The van der Waals surface area contributed by atoms with Crippen LogP contribution in [0.1, 0.15) is 17.3 Å². The number of nitrogens with two attached hydrogens (primary N) is 1. The molecule has 0 saturated carbocycles. The maximum Gasteiger partial charge on any atom is 0.252 e. The van der Waals surface area contributed by atoms with Crippen molar-refractivity contribution in [1.29, 1.82) is 0 Å².